The van der Waals surface area contributed by atoms with Crippen LogP contribution in [0.3, 0.4) is 0 Å². The van der Waals surface area contributed by atoms with Crippen molar-refractivity contribution in [1.29, 1.82) is 0 Å². The molecule has 0 unspecified atom stereocenters. The van der Waals surface area contributed by atoms with Gasteiger partial charge in [-0.1, -0.05) is 12.1 Å². The highest BCUT2D eigenvalue weighted by Crippen LogP contribution is 2.12. The minimum Gasteiger partial charge on any atom is -0.336 e. The minimum atomic E-state index is -0.212. The largest absolute Gasteiger partial charge is 0.336 e. The fraction of sp³-hybridized carbons (Fsp3) is 0.375. The third-order valence-corrected chi connectivity index (χ3v) is 3.93. The third kappa shape index (κ3) is 3.33. The molecule has 3 rings (SSSR count). The summed E-state index contributed by atoms with van der Waals surface area (Å²) in [5.74, 6) is -0.176. The lowest BCUT2D eigenvalue weighted by Gasteiger charge is -2.34. The van der Waals surface area contributed by atoms with Gasteiger partial charge in [-0.2, -0.15) is 5.10 Å². The Hall–Kier alpha value is -2.21. The number of hydrogen-bond acceptors (Lipinski definition) is 3. The number of benzene rings is 1. The van der Waals surface area contributed by atoms with E-state index in [0.29, 0.717) is 18.7 Å². The average Bonchev–Trinajstić information content (AvgIpc) is 2.96. The minimum absolute atomic E-state index is 0.0366. The van der Waals surface area contributed by atoms with Gasteiger partial charge in [-0.15, -0.1) is 0 Å². The van der Waals surface area contributed by atoms with E-state index in [9.17, 15) is 9.18 Å². The zero-order valence-corrected chi connectivity index (χ0v) is 12.6. The maximum Gasteiger partial charge on any atom is 0.257 e. The highest BCUT2D eigenvalue weighted by Gasteiger charge is 2.22. The summed E-state index contributed by atoms with van der Waals surface area (Å²) in [4.78, 5) is 16.5. The lowest BCUT2D eigenvalue weighted by atomic mass is 10.2. The molecule has 2 heterocycles. The number of aromatic nitrogens is 2. The summed E-state index contributed by atoms with van der Waals surface area (Å²) in [6.07, 6.45) is 3.35. The summed E-state index contributed by atoms with van der Waals surface area (Å²) in [6.45, 7) is 3.84. The Kier molecular flexibility index (Phi) is 4.20. The van der Waals surface area contributed by atoms with Crippen LogP contribution in [0.2, 0.25) is 0 Å². The van der Waals surface area contributed by atoms with Gasteiger partial charge in [0.25, 0.3) is 5.91 Å². The van der Waals surface area contributed by atoms with E-state index in [0.717, 1.165) is 25.2 Å². The number of amides is 1. The maximum absolute atomic E-state index is 12.9. The Morgan fingerprint density at radius 2 is 1.86 bits per heavy atom. The molecule has 1 saturated heterocycles. The highest BCUT2D eigenvalue weighted by molar-refractivity contribution is 5.93. The van der Waals surface area contributed by atoms with Crippen molar-refractivity contribution >= 4 is 5.91 Å². The fourth-order valence-corrected chi connectivity index (χ4v) is 2.67. The lowest BCUT2D eigenvalue weighted by molar-refractivity contribution is 0.0628. The van der Waals surface area contributed by atoms with Crippen LogP contribution < -0.4 is 0 Å². The van der Waals surface area contributed by atoms with E-state index in [1.165, 1.54) is 12.1 Å². The lowest BCUT2D eigenvalue weighted by Crippen LogP contribution is -2.48. The zero-order chi connectivity index (χ0) is 15.5. The first-order valence-electron chi connectivity index (χ1n) is 7.36. The van der Waals surface area contributed by atoms with Crippen LogP contribution in [0.5, 0.6) is 0 Å². The van der Waals surface area contributed by atoms with E-state index in [-0.39, 0.29) is 11.7 Å². The molecule has 1 aliphatic rings. The number of nitrogens with zero attached hydrogens (tertiary/aromatic N) is 4. The summed E-state index contributed by atoms with van der Waals surface area (Å²) >= 11 is 0. The van der Waals surface area contributed by atoms with E-state index >= 15 is 0 Å². The van der Waals surface area contributed by atoms with Crippen LogP contribution in [0.1, 0.15) is 15.9 Å². The van der Waals surface area contributed by atoms with Gasteiger partial charge in [-0.25, -0.2) is 4.39 Å². The summed E-state index contributed by atoms with van der Waals surface area (Å²) < 4.78 is 14.5. The van der Waals surface area contributed by atoms with Crippen LogP contribution in [0.15, 0.2) is 36.7 Å². The quantitative estimate of drug-likeness (QED) is 0.863. The van der Waals surface area contributed by atoms with E-state index in [1.54, 1.807) is 24.1 Å². The zero-order valence-electron chi connectivity index (χ0n) is 12.6. The molecule has 1 aromatic heterocycles. The standard InChI is InChI=1S/C16H19FN4O/c1-19-12-14(10-18-19)16(22)21-8-6-20(7-9-21)11-13-2-4-15(17)5-3-13/h2-5,10,12H,6-9,11H2,1H3. The van der Waals surface area contributed by atoms with Crippen molar-refractivity contribution < 1.29 is 9.18 Å². The van der Waals surface area contributed by atoms with Crippen molar-refractivity contribution in [3.8, 4) is 0 Å². The first-order valence-corrected chi connectivity index (χ1v) is 7.36. The van der Waals surface area contributed by atoms with Gasteiger partial charge in [0.15, 0.2) is 0 Å². The van der Waals surface area contributed by atoms with Crippen LogP contribution in [0, 0.1) is 5.82 Å². The molecule has 0 N–H and O–H groups in total. The van der Waals surface area contributed by atoms with Gasteiger partial charge in [0.05, 0.1) is 11.8 Å². The van der Waals surface area contributed by atoms with E-state index < -0.39 is 0 Å². The number of carbonyl (C=O) groups is 1. The van der Waals surface area contributed by atoms with Gasteiger partial charge in [0.2, 0.25) is 0 Å². The Morgan fingerprint density at radius 1 is 1.18 bits per heavy atom. The molecule has 5 nitrogen and oxygen atoms in total. The molecule has 22 heavy (non-hydrogen) atoms. The normalized spacial score (nSPS) is 16.0. The molecular weight excluding hydrogens is 283 g/mol. The second-order valence-electron chi connectivity index (χ2n) is 5.60. The van der Waals surface area contributed by atoms with Crippen molar-refractivity contribution in [2.75, 3.05) is 26.2 Å². The third-order valence-electron chi connectivity index (χ3n) is 3.93. The second kappa shape index (κ2) is 6.27. The first-order chi connectivity index (χ1) is 10.6. The number of aryl methyl sites for hydroxylation is 1. The van der Waals surface area contributed by atoms with Crippen LogP contribution in [0.4, 0.5) is 4.39 Å². The molecule has 0 bridgehead atoms. The monoisotopic (exact) mass is 302 g/mol. The first kappa shape index (κ1) is 14.7. The average molecular weight is 302 g/mol. The maximum atomic E-state index is 12.9. The van der Waals surface area contributed by atoms with E-state index in [1.807, 2.05) is 17.0 Å². The fourth-order valence-electron chi connectivity index (χ4n) is 2.67. The number of halogens is 1. The van der Waals surface area contributed by atoms with Gasteiger partial charge in [-0.3, -0.25) is 14.4 Å². The predicted molar refractivity (Wildman–Crippen MR) is 80.8 cm³/mol. The second-order valence-corrected chi connectivity index (χ2v) is 5.60. The number of carbonyl (C=O) groups excluding carboxylic acids is 1. The molecular formula is C16H19FN4O. The molecule has 116 valence electrons. The number of piperazine rings is 1. The Labute approximate surface area is 128 Å². The molecule has 0 saturated carbocycles. The van der Waals surface area contributed by atoms with Crippen LogP contribution in [-0.4, -0.2) is 51.7 Å². The molecule has 0 spiro atoms. The summed E-state index contributed by atoms with van der Waals surface area (Å²) in [6, 6.07) is 6.58. The van der Waals surface area contributed by atoms with Crippen molar-refractivity contribution in [2.45, 2.75) is 6.54 Å². The molecule has 1 fully saturated rings. The van der Waals surface area contributed by atoms with Crippen molar-refractivity contribution in [1.82, 2.24) is 19.6 Å². The van der Waals surface area contributed by atoms with Crippen molar-refractivity contribution in [2.24, 2.45) is 7.05 Å². The SMILES string of the molecule is Cn1cc(C(=O)N2CCN(Cc3ccc(F)cc3)CC2)cn1. The predicted octanol–water partition coefficient (Wildman–Crippen LogP) is 1.52. The summed E-state index contributed by atoms with van der Waals surface area (Å²) in [5, 5.41) is 4.04. The number of hydrogen-bond donors (Lipinski definition) is 0. The number of rotatable bonds is 3. The highest BCUT2D eigenvalue weighted by atomic mass is 19.1. The summed E-state index contributed by atoms with van der Waals surface area (Å²) in [7, 11) is 1.80. The van der Waals surface area contributed by atoms with Crippen LogP contribution in [0.25, 0.3) is 0 Å². The summed E-state index contributed by atoms with van der Waals surface area (Å²) in [5.41, 5.74) is 1.72. The molecule has 6 heteroatoms. The van der Waals surface area contributed by atoms with Gasteiger partial charge >= 0.3 is 0 Å². The molecule has 0 atom stereocenters. The Bertz CT molecular complexity index is 644. The molecule has 1 amide bonds. The van der Waals surface area contributed by atoms with Crippen molar-refractivity contribution in [3.63, 3.8) is 0 Å². The molecule has 0 radical (unpaired) electrons. The van der Waals surface area contributed by atoms with E-state index in [2.05, 4.69) is 10.00 Å². The molecule has 1 aromatic carbocycles. The Balaban J connectivity index is 1.54. The van der Waals surface area contributed by atoms with Gasteiger partial charge in [0, 0.05) is 46.0 Å². The smallest absolute Gasteiger partial charge is 0.257 e. The molecule has 1 aliphatic heterocycles. The Morgan fingerprint density at radius 3 is 2.45 bits per heavy atom. The van der Waals surface area contributed by atoms with Gasteiger partial charge in [-0.05, 0) is 17.7 Å². The van der Waals surface area contributed by atoms with Crippen LogP contribution >= 0.6 is 0 Å². The van der Waals surface area contributed by atoms with Gasteiger partial charge in [0.1, 0.15) is 5.82 Å². The van der Waals surface area contributed by atoms with Gasteiger partial charge < -0.3 is 4.90 Å². The van der Waals surface area contributed by atoms with Crippen molar-refractivity contribution in [3.05, 3.63) is 53.6 Å². The molecule has 2 aromatic rings. The van der Waals surface area contributed by atoms with E-state index in [4.69, 9.17) is 0 Å². The molecule has 0 aliphatic carbocycles. The van der Waals surface area contributed by atoms with Crippen LogP contribution in [-0.2, 0) is 13.6 Å². The topological polar surface area (TPSA) is 41.4 Å².